The van der Waals surface area contributed by atoms with Crippen LogP contribution in [0.2, 0.25) is 0 Å². The van der Waals surface area contributed by atoms with Crippen molar-refractivity contribution < 1.29 is 0 Å². The van der Waals surface area contributed by atoms with E-state index in [0.717, 1.165) is 43.4 Å². The number of pyridine rings is 1. The molecule has 0 spiro atoms. The minimum Gasteiger partial charge on any atom is -0.358 e. The van der Waals surface area contributed by atoms with E-state index in [1.807, 2.05) is 18.3 Å². The molecular weight excluding hydrogens is 406 g/mol. The van der Waals surface area contributed by atoms with Gasteiger partial charge in [-0.25, -0.2) is 0 Å². The van der Waals surface area contributed by atoms with E-state index in [1.54, 1.807) is 6.20 Å². The summed E-state index contributed by atoms with van der Waals surface area (Å²) in [5.74, 6) is 3.25. The van der Waals surface area contributed by atoms with Crippen molar-refractivity contribution in [3.63, 3.8) is 0 Å². The van der Waals surface area contributed by atoms with Gasteiger partial charge in [-0.3, -0.25) is 4.98 Å². The summed E-state index contributed by atoms with van der Waals surface area (Å²) >= 11 is 5.53. The molecule has 0 aromatic carbocycles. The van der Waals surface area contributed by atoms with Crippen LogP contribution in [-0.4, -0.2) is 46.2 Å². The Balaban J connectivity index is 1.51. The Morgan fingerprint density at radius 2 is 1.81 bits per heavy atom. The smallest absolute Gasteiger partial charge is 0.232 e. The van der Waals surface area contributed by atoms with Crippen molar-refractivity contribution in [3.8, 4) is 0 Å². The molecular formula is C23H33N7S. The van der Waals surface area contributed by atoms with E-state index >= 15 is 0 Å². The maximum atomic E-state index is 5.53. The van der Waals surface area contributed by atoms with Crippen molar-refractivity contribution in [2.24, 2.45) is 5.92 Å². The number of hydrogen-bond donors (Lipinski definition) is 2. The summed E-state index contributed by atoms with van der Waals surface area (Å²) in [6.45, 7) is 7.12. The molecule has 2 aliphatic heterocycles. The van der Waals surface area contributed by atoms with Gasteiger partial charge >= 0.3 is 0 Å². The first-order valence-electron chi connectivity index (χ1n) is 11.5. The third-order valence-corrected chi connectivity index (χ3v) is 6.26. The standard InChI is InChI=1S/C23H33N7S/c1-18-8-7-13-30(17-18)21-14-20(29-11-4-2-3-5-12-29)26-22(27-21)28-23(31)25-16-19-9-6-10-24-15-19/h6,9-10,14-15,18H,2-5,7-8,11-13,16-17H2,1H3,(H2,25,26,27,28,31)/t18-/m0/s1. The quantitative estimate of drug-likeness (QED) is 0.678. The van der Waals surface area contributed by atoms with Crippen LogP contribution in [0, 0.1) is 5.92 Å². The monoisotopic (exact) mass is 439 g/mol. The van der Waals surface area contributed by atoms with E-state index in [9.17, 15) is 0 Å². The highest BCUT2D eigenvalue weighted by Crippen LogP contribution is 2.27. The number of aromatic nitrogens is 3. The van der Waals surface area contributed by atoms with Gasteiger partial charge in [0.15, 0.2) is 5.11 Å². The Hall–Kier alpha value is -2.48. The highest BCUT2D eigenvalue weighted by Gasteiger charge is 2.21. The van der Waals surface area contributed by atoms with Gasteiger partial charge in [-0.1, -0.05) is 25.8 Å². The van der Waals surface area contributed by atoms with Crippen molar-refractivity contribution in [3.05, 3.63) is 36.2 Å². The summed E-state index contributed by atoms with van der Waals surface area (Å²) in [4.78, 5) is 18.6. The molecule has 2 aromatic heterocycles. The van der Waals surface area contributed by atoms with Crippen molar-refractivity contribution in [1.29, 1.82) is 0 Å². The normalized spacial score (nSPS) is 19.6. The molecule has 4 heterocycles. The van der Waals surface area contributed by atoms with E-state index in [-0.39, 0.29) is 0 Å². The summed E-state index contributed by atoms with van der Waals surface area (Å²) < 4.78 is 0. The largest absolute Gasteiger partial charge is 0.358 e. The number of hydrogen-bond acceptors (Lipinski definition) is 6. The number of piperidine rings is 1. The van der Waals surface area contributed by atoms with Gasteiger partial charge in [0, 0.05) is 51.2 Å². The zero-order chi connectivity index (χ0) is 21.5. The molecule has 0 radical (unpaired) electrons. The first kappa shape index (κ1) is 21.7. The number of nitrogens with zero attached hydrogens (tertiary/aromatic N) is 5. The topological polar surface area (TPSA) is 69.2 Å². The van der Waals surface area contributed by atoms with Crippen LogP contribution in [0.25, 0.3) is 0 Å². The van der Waals surface area contributed by atoms with Crippen LogP contribution in [-0.2, 0) is 6.54 Å². The SMILES string of the molecule is C[C@H]1CCCN(c2cc(N3CCCCCC3)nc(NC(=S)NCc3cccnc3)n2)C1. The van der Waals surface area contributed by atoms with Crippen molar-refractivity contribution in [1.82, 2.24) is 20.3 Å². The van der Waals surface area contributed by atoms with Crippen LogP contribution in [0.4, 0.5) is 17.6 Å². The molecule has 166 valence electrons. The van der Waals surface area contributed by atoms with Gasteiger partial charge in [-0.05, 0) is 55.4 Å². The maximum absolute atomic E-state index is 5.53. The predicted molar refractivity (Wildman–Crippen MR) is 131 cm³/mol. The Morgan fingerprint density at radius 1 is 1.06 bits per heavy atom. The molecule has 2 aromatic rings. The summed E-state index contributed by atoms with van der Waals surface area (Å²) in [5, 5.41) is 6.98. The molecule has 8 heteroatoms. The summed E-state index contributed by atoms with van der Waals surface area (Å²) in [5.41, 5.74) is 1.08. The summed E-state index contributed by atoms with van der Waals surface area (Å²) in [6.07, 6.45) is 11.1. The van der Waals surface area contributed by atoms with Gasteiger partial charge in [-0.2, -0.15) is 9.97 Å². The van der Waals surface area contributed by atoms with Crippen molar-refractivity contribution in [2.45, 2.75) is 52.0 Å². The minimum atomic E-state index is 0.523. The average molecular weight is 440 g/mol. The lowest BCUT2D eigenvalue weighted by atomic mass is 10.0. The van der Waals surface area contributed by atoms with Gasteiger partial charge in [0.1, 0.15) is 11.6 Å². The zero-order valence-electron chi connectivity index (χ0n) is 18.4. The fourth-order valence-electron chi connectivity index (χ4n) is 4.33. The molecule has 2 aliphatic rings. The molecule has 0 bridgehead atoms. The van der Waals surface area contributed by atoms with Crippen molar-refractivity contribution >= 4 is 34.9 Å². The molecule has 0 saturated carbocycles. The number of nitrogens with one attached hydrogen (secondary N) is 2. The van der Waals surface area contributed by atoms with Crippen LogP contribution in [0.15, 0.2) is 30.6 Å². The highest BCUT2D eigenvalue weighted by atomic mass is 32.1. The third-order valence-electron chi connectivity index (χ3n) is 6.01. The summed E-state index contributed by atoms with van der Waals surface area (Å²) in [6, 6.07) is 6.11. The molecule has 0 unspecified atom stereocenters. The fourth-order valence-corrected chi connectivity index (χ4v) is 4.49. The van der Waals surface area contributed by atoms with Crippen LogP contribution < -0.4 is 20.4 Å². The molecule has 4 rings (SSSR count). The second kappa shape index (κ2) is 10.7. The van der Waals surface area contributed by atoms with Crippen LogP contribution in [0.5, 0.6) is 0 Å². The Bertz CT molecular complexity index is 832. The van der Waals surface area contributed by atoms with Gasteiger partial charge < -0.3 is 20.4 Å². The van der Waals surface area contributed by atoms with Crippen LogP contribution in [0.1, 0.15) is 51.0 Å². The van der Waals surface area contributed by atoms with E-state index < -0.39 is 0 Å². The molecule has 2 N–H and O–H groups in total. The van der Waals surface area contributed by atoms with Crippen LogP contribution >= 0.6 is 12.2 Å². The third kappa shape index (κ3) is 6.26. The molecule has 0 aliphatic carbocycles. The number of anilines is 3. The Kier molecular flexibility index (Phi) is 7.51. The Morgan fingerprint density at radius 3 is 2.52 bits per heavy atom. The number of rotatable bonds is 5. The fraction of sp³-hybridized carbons (Fsp3) is 0.565. The molecule has 0 amide bonds. The van der Waals surface area contributed by atoms with Gasteiger partial charge in [0.05, 0.1) is 0 Å². The molecule has 1 atom stereocenters. The second-order valence-electron chi connectivity index (χ2n) is 8.67. The average Bonchev–Trinajstić information content (AvgIpc) is 3.08. The molecule has 2 saturated heterocycles. The van der Waals surface area contributed by atoms with E-state index in [4.69, 9.17) is 22.2 Å². The zero-order valence-corrected chi connectivity index (χ0v) is 19.2. The second-order valence-corrected chi connectivity index (χ2v) is 9.08. The van der Waals surface area contributed by atoms with Crippen molar-refractivity contribution in [2.75, 3.05) is 41.3 Å². The molecule has 2 fully saturated rings. The lowest BCUT2D eigenvalue weighted by Crippen LogP contribution is -2.36. The van der Waals surface area contributed by atoms with E-state index in [2.05, 4.69) is 38.4 Å². The molecule has 7 nitrogen and oxygen atoms in total. The lowest BCUT2D eigenvalue weighted by Gasteiger charge is -2.33. The maximum Gasteiger partial charge on any atom is 0.232 e. The summed E-state index contributed by atoms with van der Waals surface area (Å²) in [7, 11) is 0. The van der Waals surface area contributed by atoms with Gasteiger partial charge in [0.25, 0.3) is 0 Å². The van der Waals surface area contributed by atoms with E-state index in [1.165, 1.54) is 38.5 Å². The minimum absolute atomic E-state index is 0.523. The lowest BCUT2D eigenvalue weighted by molar-refractivity contribution is 0.444. The van der Waals surface area contributed by atoms with Crippen LogP contribution in [0.3, 0.4) is 0 Å². The first-order valence-corrected chi connectivity index (χ1v) is 11.9. The highest BCUT2D eigenvalue weighted by molar-refractivity contribution is 7.80. The number of thiocarbonyl (C=S) groups is 1. The Labute approximate surface area is 190 Å². The van der Waals surface area contributed by atoms with Gasteiger partial charge in [0.2, 0.25) is 5.95 Å². The predicted octanol–water partition coefficient (Wildman–Crippen LogP) is 3.97. The first-order chi connectivity index (χ1) is 15.2. The van der Waals surface area contributed by atoms with E-state index in [0.29, 0.717) is 23.5 Å². The van der Waals surface area contributed by atoms with Gasteiger partial charge in [-0.15, -0.1) is 0 Å². The molecule has 31 heavy (non-hydrogen) atoms.